The van der Waals surface area contributed by atoms with Gasteiger partial charge < -0.3 is 14.0 Å². The lowest BCUT2D eigenvalue weighted by molar-refractivity contribution is -0.0676. The molecular weight excluding hydrogens is 306 g/mol. The highest BCUT2D eigenvalue weighted by atomic mass is 16.5. The largest absolute Gasteiger partial charge is 0.368 e. The Morgan fingerprint density at radius 3 is 2.83 bits per heavy atom. The molecule has 2 fully saturated rings. The Morgan fingerprint density at radius 1 is 1.17 bits per heavy atom. The van der Waals surface area contributed by atoms with E-state index in [9.17, 15) is 0 Å². The lowest BCUT2D eigenvalue weighted by atomic mass is 10.1. The van der Waals surface area contributed by atoms with Gasteiger partial charge in [0.25, 0.3) is 5.89 Å². The number of rotatable bonds is 4. The highest BCUT2D eigenvalue weighted by Gasteiger charge is 2.32. The first-order valence-corrected chi connectivity index (χ1v) is 8.64. The summed E-state index contributed by atoms with van der Waals surface area (Å²) in [6.07, 6.45) is 1.80. The Bertz CT molecular complexity index is 655. The Kier molecular flexibility index (Phi) is 4.60. The van der Waals surface area contributed by atoms with Crippen molar-refractivity contribution in [3.8, 4) is 0 Å². The van der Waals surface area contributed by atoms with Gasteiger partial charge in [-0.25, -0.2) is 0 Å². The molecule has 24 heavy (non-hydrogen) atoms. The Labute approximate surface area is 141 Å². The number of nitrogens with zero attached hydrogens (tertiary/aromatic N) is 3. The fourth-order valence-corrected chi connectivity index (χ4v) is 3.28. The number of ether oxygens (including phenoxy) is 2. The summed E-state index contributed by atoms with van der Waals surface area (Å²) in [6.45, 7) is 5.29. The average molecular weight is 329 g/mol. The van der Waals surface area contributed by atoms with E-state index in [1.54, 1.807) is 0 Å². The molecule has 0 N–H and O–H groups in total. The molecule has 6 heteroatoms. The summed E-state index contributed by atoms with van der Waals surface area (Å²) < 4.78 is 17.0. The summed E-state index contributed by atoms with van der Waals surface area (Å²) in [5, 5.41) is 4.13. The van der Waals surface area contributed by atoms with Crippen LogP contribution in [0.1, 0.15) is 49.3 Å². The second-order valence-corrected chi connectivity index (χ2v) is 6.58. The average Bonchev–Trinajstić information content (AvgIpc) is 3.29. The fourth-order valence-electron chi connectivity index (χ4n) is 3.28. The smallest absolute Gasteiger partial charge is 0.255 e. The van der Waals surface area contributed by atoms with Crippen LogP contribution in [-0.2, 0) is 16.0 Å². The molecule has 0 saturated carbocycles. The molecule has 3 heterocycles. The lowest BCUT2D eigenvalue weighted by Gasteiger charge is -2.36. The minimum Gasteiger partial charge on any atom is -0.368 e. The van der Waals surface area contributed by atoms with Gasteiger partial charge in [-0.05, 0) is 25.3 Å². The molecular formula is C18H23N3O3. The zero-order valence-electron chi connectivity index (χ0n) is 13.9. The van der Waals surface area contributed by atoms with E-state index in [1.807, 2.05) is 6.07 Å². The van der Waals surface area contributed by atoms with Crippen molar-refractivity contribution in [2.45, 2.75) is 44.6 Å². The summed E-state index contributed by atoms with van der Waals surface area (Å²) in [5.74, 6) is 1.21. The van der Waals surface area contributed by atoms with E-state index in [0.717, 1.165) is 32.5 Å². The molecule has 0 radical (unpaired) electrons. The SMILES string of the molecule is C[C@H]1COC(c2noc(C3CCCO3)n2)CN1Cc1ccccc1. The third kappa shape index (κ3) is 3.36. The quantitative estimate of drug-likeness (QED) is 0.859. The predicted molar refractivity (Wildman–Crippen MR) is 87.2 cm³/mol. The molecule has 0 aliphatic carbocycles. The number of benzene rings is 1. The van der Waals surface area contributed by atoms with Crippen molar-refractivity contribution in [3.63, 3.8) is 0 Å². The molecule has 6 nitrogen and oxygen atoms in total. The summed E-state index contributed by atoms with van der Waals surface area (Å²) in [6, 6.07) is 10.9. The molecule has 2 unspecified atom stereocenters. The van der Waals surface area contributed by atoms with Gasteiger partial charge in [-0.3, -0.25) is 4.90 Å². The minimum atomic E-state index is -0.149. The van der Waals surface area contributed by atoms with Crippen LogP contribution in [-0.4, -0.2) is 40.8 Å². The number of hydrogen-bond donors (Lipinski definition) is 0. The van der Waals surface area contributed by atoms with E-state index in [2.05, 4.69) is 46.2 Å². The molecule has 3 atom stereocenters. The van der Waals surface area contributed by atoms with Crippen LogP contribution in [0.15, 0.2) is 34.9 Å². The van der Waals surface area contributed by atoms with Crippen molar-refractivity contribution in [1.29, 1.82) is 0 Å². The lowest BCUT2D eigenvalue weighted by Crippen LogP contribution is -2.44. The normalized spacial score (nSPS) is 28.3. The topological polar surface area (TPSA) is 60.6 Å². The molecule has 0 amide bonds. The summed E-state index contributed by atoms with van der Waals surface area (Å²) in [4.78, 5) is 6.94. The molecule has 2 aromatic rings. The molecule has 0 bridgehead atoms. The van der Waals surface area contributed by atoms with Gasteiger partial charge in [-0.1, -0.05) is 35.5 Å². The monoisotopic (exact) mass is 329 g/mol. The molecule has 128 valence electrons. The van der Waals surface area contributed by atoms with Gasteiger partial charge in [0.15, 0.2) is 0 Å². The van der Waals surface area contributed by atoms with Gasteiger partial charge in [0.1, 0.15) is 12.2 Å². The van der Waals surface area contributed by atoms with E-state index >= 15 is 0 Å². The molecule has 1 aromatic carbocycles. The Hall–Kier alpha value is -1.76. The van der Waals surface area contributed by atoms with Gasteiger partial charge in [0.2, 0.25) is 5.82 Å². The Balaban J connectivity index is 1.44. The molecule has 2 aliphatic rings. The van der Waals surface area contributed by atoms with E-state index in [0.29, 0.717) is 24.4 Å². The number of hydrogen-bond acceptors (Lipinski definition) is 6. The van der Waals surface area contributed by atoms with Crippen LogP contribution in [0.2, 0.25) is 0 Å². The van der Waals surface area contributed by atoms with Crippen molar-refractivity contribution < 1.29 is 14.0 Å². The van der Waals surface area contributed by atoms with Crippen molar-refractivity contribution in [1.82, 2.24) is 15.0 Å². The first-order valence-electron chi connectivity index (χ1n) is 8.64. The van der Waals surface area contributed by atoms with Crippen molar-refractivity contribution >= 4 is 0 Å². The first kappa shape index (κ1) is 15.7. The van der Waals surface area contributed by atoms with Crippen molar-refractivity contribution in [3.05, 3.63) is 47.6 Å². The highest BCUT2D eigenvalue weighted by molar-refractivity contribution is 5.15. The van der Waals surface area contributed by atoms with Gasteiger partial charge in [0.05, 0.1) is 6.61 Å². The number of morpholine rings is 1. The van der Waals surface area contributed by atoms with Crippen LogP contribution in [0.4, 0.5) is 0 Å². The highest BCUT2D eigenvalue weighted by Crippen LogP contribution is 2.30. The van der Waals surface area contributed by atoms with Crippen LogP contribution in [0, 0.1) is 0 Å². The molecule has 4 rings (SSSR count). The van der Waals surface area contributed by atoms with Crippen LogP contribution < -0.4 is 0 Å². The van der Waals surface area contributed by atoms with E-state index in [4.69, 9.17) is 14.0 Å². The third-order valence-corrected chi connectivity index (χ3v) is 4.74. The zero-order chi connectivity index (χ0) is 16.4. The van der Waals surface area contributed by atoms with Crippen LogP contribution >= 0.6 is 0 Å². The van der Waals surface area contributed by atoms with Gasteiger partial charge in [-0.2, -0.15) is 4.98 Å². The summed E-state index contributed by atoms with van der Waals surface area (Å²) in [5.41, 5.74) is 1.30. The maximum absolute atomic E-state index is 5.95. The Morgan fingerprint density at radius 2 is 2.04 bits per heavy atom. The maximum atomic E-state index is 5.95. The molecule has 2 saturated heterocycles. The maximum Gasteiger partial charge on any atom is 0.255 e. The first-order chi connectivity index (χ1) is 11.8. The predicted octanol–water partition coefficient (Wildman–Crippen LogP) is 2.88. The fraction of sp³-hybridized carbons (Fsp3) is 0.556. The number of aromatic nitrogens is 2. The minimum absolute atomic E-state index is 0.0471. The second-order valence-electron chi connectivity index (χ2n) is 6.58. The third-order valence-electron chi connectivity index (χ3n) is 4.74. The summed E-state index contributed by atoms with van der Waals surface area (Å²) >= 11 is 0. The molecule has 0 spiro atoms. The van der Waals surface area contributed by atoms with Crippen LogP contribution in [0.3, 0.4) is 0 Å². The standard InChI is InChI=1S/C18H23N3O3/c1-13-12-23-16(11-21(13)10-14-6-3-2-4-7-14)17-19-18(24-20-17)15-8-5-9-22-15/h2-4,6-7,13,15-16H,5,8-12H2,1H3/t13-,15?,16?/m0/s1. The van der Waals surface area contributed by atoms with Gasteiger partial charge in [0, 0.05) is 25.7 Å². The molecule has 2 aliphatic heterocycles. The van der Waals surface area contributed by atoms with Crippen molar-refractivity contribution in [2.24, 2.45) is 0 Å². The van der Waals surface area contributed by atoms with E-state index in [-0.39, 0.29) is 12.2 Å². The second kappa shape index (κ2) is 7.01. The molecule has 1 aromatic heterocycles. The van der Waals surface area contributed by atoms with Gasteiger partial charge >= 0.3 is 0 Å². The van der Waals surface area contributed by atoms with Crippen molar-refractivity contribution in [2.75, 3.05) is 19.8 Å². The van der Waals surface area contributed by atoms with Crippen LogP contribution in [0.5, 0.6) is 0 Å². The van der Waals surface area contributed by atoms with Crippen LogP contribution in [0.25, 0.3) is 0 Å². The summed E-state index contributed by atoms with van der Waals surface area (Å²) in [7, 11) is 0. The van der Waals surface area contributed by atoms with E-state index < -0.39 is 0 Å². The van der Waals surface area contributed by atoms with E-state index in [1.165, 1.54) is 5.56 Å². The van der Waals surface area contributed by atoms with Gasteiger partial charge in [-0.15, -0.1) is 0 Å². The zero-order valence-corrected chi connectivity index (χ0v) is 13.9.